The van der Waals surface area contributed by atoms with Gasteiger partial charge in [-0.2, -0.15) is 0 Å². The van der Waals surface area contributed by atoms with Gasteiger partial charge in [0.25, 0.3) is 0 Å². The predicted molar refractivity (Wildman–Crippen MR) is 73.4 cm³/mol. The zero-order valence-corrected chi connectivity index (χ0v) is 11.8. The van der Waals surface area contributed by atoms with Gasteiger partial charge in [0.1, 0.15) is 11.6 Å². The van der Waals surface area contributed by atoms with Crippen LogP contribution in [0.4, 0.5) is 0 Å². The van der Waals surface area contributed by atoms with Gasteiger partial charge in [0.2, 0.25) is 0 Å². The molecule has 1 N–H and O–H groups in total. The fourth-order valence-electron chi connectivity index (χ4n) is 3.02. The lowest BCUT2D eigenvalue weighted by Crippen LogP contribution is -2.50. The van der Waals surface area contributed by atoms with Crippen molar-refractivity contribution in [1.82, 2.24) is 14.7 Å². The summed E-state index contributed by atoms with van der Waals surface area (Å²) in [5.41, 5.74) is 0. The van der Waals surface area contributed by atoms with Crippen LogP contribution in [0.2, 0.25) is 0 Å². The molecule has 0 spiro atoms. The Kier molecular flexibility index (Phi) is 3.85. The summed E-state index contributed by atoms with van der Waals surface area (Å²) >= 11 is 0. The van der Waals surface area contributed by atoms with E-state index in [-0.39, 0.29) is 0 Å². The van der Waals surface area contributed by atoms with Crippen molar-refractivity contribution in [2.45, 2.75) is 44.4 Å². The molecule has 1 atom stereocenters. The highest BCUT2D eigenvalue weighted by Crippen LogP contribution is 2.31. The molecule has 0 saturated heterocycles. The first-order valence-electron chi connectivity index (χ1n) is 6.80. The number of hydrogen-bond donors (Lipinski definition) is 1. The summed E-state index contributed by atoms with van der Waals surface area (Å²) < 4.78 is 0. The second kappa shape index (κ2) is 5.22. The third-order valence-corrected chi connectivity index (χ3v) is 4.04. The van der Waals surface area contributed by atoms with Crippen LogP contribution >= 0.6 is 0 Å². The van der Waals surface area contributed by atoms with Crippen molar-refractivity contribution >= 4 is 0 Å². The molecule has 1 aliphatic carbocycles. The minimum Gasteiger partial charge on any atom is -0.370 e. The minimum absolute atomic E-state index is 0.434. The van der Waals surface area contributed by atoms with Gasteiger partial charge in [0, 0.05) is 33.3 Å². The maximum Gasteiger partial charge on any atom is 0.151 e. The van der Waals surface area contributed by atoms with Gasteiger partial charge in [-0.05, 0) is 12.8 Å². The molecule has 0 amide bonds. The quantitative estimate of drug-likeness (QED) is 0.810. The van der Waals surface area contributed by atoms with Gasteiger partial charge in [-0.3, -0.25) is 0 Å². The molecule has 0 aromatic rings. The van der Waals surface area contributed by atoms with Crippen LogP contribution in [-0.2, 0) is 0 Å². The molecule has 1 aliphatic heterocycles. The second-order valence-electron chi connectivity index (χ2n) is 5.51. The Labute approximate surface area is 110 Å². The highest BCUT2D eigenvalue weighted by molar-refractivity contribution is 5.17. The lowest BCUT2D eigenvalue weighted by Gasteiger charge is -2.47. The number of hydrogen-bond acceptors (Lipinski definition) is 4. The zero-order chi connectivity index (χ0) is 13.3. The zero-order valence-electron chi connectivity index (χ0n) is 11.8. The Hall–Kier alpha value is -1.16. The summed E-state index contributed by atoms with van der Waals surface area (Å²) in [4.78, 5) is 6.14. The molecule has 2 aliphatic rings. The second-order valence-corrected chi connectivity index (χ2v) is 5.51. The molecule has 18 heavy (non-hydrogen) atoms. The van der Waals surface area contributed by atoms with Crippen molar-refractivity contribution in [3.8, 4) is 0 Å². The summed E-state index contributed by atoms with van der Waals surface area (Å²) in [5, 5.41) is 10.4. The largest absolute Gasteiger partial charge is 0.370 e. The van der Waals surface area contributed by atoms with Gasteiger partial charge in [-0.15, -0.1) is 0 Å². The number of rotatable bonds is 2. The molecular formula is C14H25N3O. The van der Waals surface area contributed by atoms with Gasteiger partial charge in [-0.25, -0.2) is 0 Å². The molecule has 1 fully saturated rings. The standard InChI is InChI=1S/C14H25N3O/c1-11-16(4)13(15(2)3)10-14(18)17(11)12-8-6-5-7-9-12/h10,12,14,18H,1,5-9H2,2-4H3. The van der Waals surface area contributed by atoms with E-state index in [4.69, 9.17) is 0 Å². The lowest BCUT2D eigenvalue weighted by molar-refractivity contribution is -0.00979. The smallest absolute Gasteiger partial charge is 0.151 e. The summed E-state index contributed by atoms with van der Waals surface area (Å²) in [6, 6.07) is 0.434. The van der Waals surface area contributed by atoms with E-state index in [0.717, 1.165) is 24.5 Å². The number of nitrogens with zero attached hydrogens (tertiary/aromatic N) is 3. The van der Waals surface area contributed by atoms with E-state index in [9.17, 15) is 5.11 Å². The SMILES string of the molecule is C=C1N(C)C(N(C)C)=CC(O)N1C1CCCCC1. The van der Waals surface area contributed by atoms with Gasteiger partial charge < -0.3 is 19.8 Å². The number of aliphatic hydroxyl groups is 1. The van der Waals surface area contributed by atoms with Crippen molar-refractivity contribution in [3.05, 3.63) is 24.3 Å². The van der Waals surface area contributed by atoms with E-state index < -0.39 is 6.23 Å². The van der Waals surface area contributed by atoms with Crippen molar-refractivity contribution in [2.24, 2.45) is 0 Å². The Balaban J connectivity index is 2.20. The first kappa shape index (κ1) is 13.3. The molecule has 2 rings (SSSR count). The summed E-state index contributed by atoms with van der Waals surface area (Å²) in [6.45, 7) is 4.16. The van der Waals surface area contributed by atoms with Gasteiger partial charge in [-0.1, -0.05) is 25.8 Å². The van der Waals surface area contributed by atoms with E-state index in [1.165, 1.54) is 19.3 Å². The van der Waals surface area contributed by atoms with E-state index in [1.807, 2.05) is 32.1 Å². The Bertz CT molecular complexity index is 345. The van der Waals surface area contributed by atoms with E-state index >= 15 is 0 Å². The Morgan fingerprint density at radius 3 is 2.44 bits per heavy atom. The number of aliphatic hydroxyl groups excluding tert-OH is 1. The average Bonchev–Trinajstić information content (AvgIpc) is 2.35. The van der Waals surface area contributed by atoms with Crippen molar-refractivity contribution in [2.75, 3.05) is 21.1 Å². The summed E-state index contributed by atoms with van der Waals surface area (Å²) in [7, 11) is 5.98. The normalized spacial score (nSPS) is 26.3. The fraction of sp³-hybridized carbons (Fsp3) is 0.714. The topological polar surface area (TPSA) is 30.0 Å². The molecule has 0 aromatic heterocycles. The molecule has 0 aromatic carbocycles. The highest BCUT2D eigenvalue weighted by atomic mass is 16.3. The predicted octanol–water partition coefficient (Wildman–Crippen LogP) is 1.76. The summed E-state index contributed by atoms with van der Waals surface area (Å²) in [5.74, 6) is 1.90. The molecular weight excluding hydrogens is 226 g/mol. The fourth-order valence-corrected chi connectivity index (χ4v) is 3.02. The Morgan fingerprint density at radius 2 is 1.89 bits per heavy atom. The van der Waals surface area contributed by atoms with Crippen LogP contribution in [-0.4, -0.2) is 53.2 Å². The lowest BCUT2D eigenvalue weighted by atomic mass is 9.93. The first-order chi connectivity index (χ1) is 8.52. The van der Waals surface area contributed by atoms with E-state index in [0.29, 0.717) is 6.04 Å². The molecule has 1 heterocycles. The minimum atomic E-state index is -0.547. The molecule has 102 valence electrons. The van der Waals surface area contributed by atoms with Crippen LogP contribution in [0.15, 0.2) is 24.3 Å². The first-order valence-corrected chi connectivity index (χ1v) is 6.80. The molecule has 0 radical (unpaired) electrons. The van der Waals surface area contributed by atoms with Crippen LogP contribution < -0.4 is 0 Å². The third kappa shape index (κ3) is 2.34. The third-order valence-electron chi connectivity index (χ3n) is 4.04. The van der Waals surface area contributed by atoms with Crippen LogP contribution in [0.5, 0.6) is 0 Å². The van der Waals surface area contributed by atoms with Crippen LogP contribution in [0.25, 0.3) is 0 Å². The highest BCUT2D eigenvalue weighted by Gasteiger charge is 2.33. The van der Waals surface area contributed by atoms with E-state index in [2.05, 4.69) is 16.4 Å². The molecule has 0 bridgehead atoms. The molecule has 4 nitrogen and oxygen atoms in total. The van der Waals surface area contributed by atoms with Crippen molar-refractivity contribution in [1.29, 1.82) is 0 Å². The van der Waals surface area contributed by atoms with Gasteiger partial charge in [0.05, 0.1) is 0 Å². The molecule has 1 saturated carbocycles. The maximum absolute atomic E-state index is 10.4. The van der Waals surface area contributed by atoms with Crippen LogP contribution in [0.3, 0.4) is 0 Å². The van der Waals surface area contributed by atoms with Crippen LogP contribution in [0, 0.1) is 0 Å². The van der Waals surface area contributed by atoms with Gasteiger partial charge >= 0.3 is 0 Å². The van der Waals surface area contributed by atoms with E-state index in [1.54, 1.807) is 0 Å². The van der Waals surface area contributed by atoms with Crippen molar-refractivity contribution in [3.63, 3.8) is 0 Å². The monoisotopic (exact) mass is 251 g/mol. The Morgan fingerprint density at radius 1 is 1.28 bits per heavy atom. The average molecular weight is 251 g/mol. The molecule has 4 heteroatoms. The van der Waals surface area contributed by atoms with Crippen molar-refractivity contribution < 1.29 is 5.11 Å². The summed E-state index contributed by atoms with van der Waals surface area (Å²) in [6.07, 6.45) is 7.52. The van der Waals surface area contributed by atoms with Gasteiger partial charge in [0.15, 0.2) is 6.23 Å². The molecule has 1 unspecified atom stereocenters. The van der Waals surface area contributed by atoms with Crippen LogP contribution in [0.1, 0.15) is 32.1 Å². The maximum atomic E-state index is 10.4.